The van der Waals surface area contributed by atoms with Gasteiger partial charge in [0.15, 0.2) is 0 Å². The molecule has 1 fully saturated rings. The minimum atomic E-state index is -3.56. The molecule has 5 nitrogen and oxygen atoms in total. The predicted molar refractivity (Wildman–Crippen MR) is 99.6 cm³/mol. The van der Waals surface area contributed by atoms with Crippen molar-refractivity contribution in [1.82, 2.24) is 4.72 Å². The van der Waals surface area contributed by atoms with Crippen molar-refractivity contribution in [3.05, 3.63) is 23.3 Å². The highest BCUT2D eigenvalue weighted by Crippen LogP contribution is 2.32. The molecule has 138 valence electrons. The molecule has 24 heavy (non-hydrogen) atoms. The fourth-order valence-corrected chi connectivity index (χ4v) is 4.93. The molecule has 0 bridgehead atoms. The van der Waals surface area contributed by atoms with E-state index in [2.05, 4.69) is 4.72 Å². The van der Waals surface area contributed by atoms with Crippen LogP contribution >= 0.6 is 12.4 Å². The van der Waals surface area contributed by atoms with Crippen LogP contribution in [0.2, 0.25) is 0 Å². The van der Waals surface area contributed by atoms with Crippen LogP contribution in [0.15, 0.2) is 17.0 Å². The zero-order chi connectivity index (χ0) is 17.2. The van der Waals surface area contributed by atoms with Gasteiger partial charge in [-0.05, 0) is 61.4 Å². The molecule has 2 unspecified atom stereocenters. The standard InChI is InChI=1S/C17H28N2O3S.ClH/c1-11(2)14-9-17(12(3)8-16(14)22-4)23(20,21)19-15-7-5-6-13(15)10-18;/h8-9,11,13,15,19H,5-7,10,18H2,1-4H3;1H. The van der Waals surface area contributed by atoms with Crippen molar-refractivity contribution in [1.29, 1.82) is 0 Å². The predicted octanol–water partition coefficient (Wildman–Crippen LogP) is 2.95. The summed E-state index contributed by atoms with van der Waals surface area (Å²) >= 11 is 0. The number of ether oxygens (including phenoxy) is 1. The molecule has 1 aromatic rings. The Hall–Kier alpha value is -0.820. The Morgan fingerprint density at radius 1 is 1.33 bits per heavy atom. The quantitative estimate of drug-likeness (QED) is 0.799. The third kappa shape index (κ3) is 4.42. The van der Waals surface area contributed by atoms with Crippen LogP contribution in [0.4, 0.5) is 0 Å². The van der Waals surface area contributed by atoms with Crippen molar-refractivity contribution < 1.29 is 13.2 Å². The first-order valence-corrected chi connectivity index (χ1v) is 9.69. The summed E-state index contributed by atoms with van der Waals surface area (Å²) in [6, 6.07) is 3.49. The van der Waals surface area contributed by atoms with Crippen LogP contribution in [0, 0.1) is 12.8 Å². The molecule has 1 saturated carbocycles. The zero-order valence-corrected chi connectivity index (χ0v) is 16.5. The topological polar surface area (TPSA) is 81.4 Å². The summed E-state index contributed by atoms with van der Waals surface area (Å²) in [5.41, 5.74) is 7.36. The highest BCUT2D eigenvalue weighted by molar-refractivity contribution is 7.89. The Morgan fingerprint density at radius 2 is 2.00 bits per heavy atom. The molecule has 1 aromatic carbocycles. The van der Waals surface area contributed by atoms with Crippen molar-refractivity contribution >= 4 is 22.4 Å². The number of hydrogen-bond donors (Lipinski definition) is 2. The van der Waals surface area contributed by atoms with Gasteiger partial charge in [0, 0.05) is 6.04 Å². The van der Waals surface area contributed by atoms with E-state index in [1.54, 1.807) is 26.2 Å². The van der Waals surface area contributed by atoms with Crippen molar-refractivity contribution in [3.63, 3.8) is 0 Å². The average Bonchev–Trinajstić information content (AvgIpc) is 2.92. The smallest absolute Gasteiger partial charge is 0.241 e. The maximum atomic E-state index is 12.9. The number of aryl methyl sites for hydroxylation is 1. The van der Waals surface area contributed by atoms with Gasteiger partial charge in [0.05, 0.1) is 12.0 Å². The molecule has 0 amide bonds. The minimum Gasteiger partial charge on any atom is -0.496 e. The van der Waals surface area contributed by atoms with Crippen molar-refractivity contribution in [2.45, 2.75) is 56.9 Å². The number of hydrogen-bond acceptors (Lipinski definition) is 4. The van der Waals surface area contributed by atoms with Gasteiger partial charge in [-0.3, -0.25) is 0 Å². The molecule has 0 heterocycles. The number of sulfonamides is 1. The fourth-order valence-electron chi connectivity index (χ4n) is 3.33. The monoisotopic (exact) mass is 376 g/mol. The maximum absolute atomic E-state index is 12.9. The van der Waals surface area contributed by atoms with E-state index in [1.165, 1.54) is 0 Å². The molecule has 7 heteroatoms. The number of halogens is 1. The summed E-state index contributed by atoms with van der Waals surface area (Å²) in [5, 5.41) is 0. The van der Waals surface area contributed by atoms with E-state index in [-0.39, 0.29) is 30.3 Å². The van der Waals surface area contributed by atoms with E-state index in [0.29, 0.717) is 17.0 Å². The third-order valence-corrected chi connectivity index (χ3v) is 6.34. The molecule has 1 aliphatic rings. The van der Waals surface area contributed by atoms with Gasteiger partial charge < -0.3 is 10.5 Å². The van der Waals surface area contributed by atoms with Crippen LogP contribution in [-0.4, -0.2) is 28.1 Å². The van der Waals surface area contributed by atoms with Gasteiger partial charge in [0.1, 0.15) is 5.75 Å². The van der Waals surface area contributed by atoms with Crippen LogP contribution in [0.3, 0.4) is 0 Å². The van der Waals surface area contributed by atoms with Gasteiger partial charge in [-0.2, -0.15) is 0 Å². The van der Waals surface area contributed by atoms with Gasteiger partial charge in [-0.1, -0.05) is 20.3 Å². The molecule has 0 aromatic heterocycles. The van der Waals surface area contributed by atoms with E-state index in [0.717, 1.165) is 30.6 Å². The molecule has 2 atom stereocenters. The van der Waals surface area contributed by atoms with Crippen LogP contribution < -0.4 is 15.2 Å². The van der Waals surface area contributed by atoms with Crippen LogP contribution in [-0.2, 0) is 10.0 Å². The Labute approximate surface area is 151 Å². The second-order valence-corrected chi connectivity index (χ2v) is 8.35. The molecule has 0 saturated heterocycles. The average molecular weight is 377 g/mol. The molecule has 0 spiro atoms. The third-order valence-electron chi connectivity index (χ3n) is 4.71. The lowest BCUT2D eigenvalue weighted by Gasteiger charge is -2.21. The second-order valence-electron chi connectivity index (χ2n) is 6.67. The first-order valence-electron chi connectivity index (χ1n) is 8.21. The van der Waals surface area contributed by atoms with Crippen LogP contribution in [0.1, 0.15) is 50.2 Å². The number of nitrogens with one attached hydrogen (secondary N) is 1. The molecular formula is C17H29ClN2O3S. The number of rotatable bonds is 6. The summed E-state index contributed by atoms with van der Waals surface area (Å²) in [6.07, 6.45) is 2.86. The number of nitrogens with two attached hydrogens (primary N) is 1. The van der Waals surface area contributed by atoms with Gasteiger partial charge in [-0.15, -0.1) is 12.4 Å². The van der Waals surface area contributed by atoms with Crippen molar-refractivity contribution in [2.24, 2.45) is 11.7 Å². The Bertz CT molecular complexity index is 662. The highest BCUT2D eigenvalue weighted by Gasteiger charge is 2.31. The lowest BCUT2D eigenvalue weighted by atomic mass is 10.0. The summed E-state index contributed by atoms with van der Waals surface area (Å²) in [5.74, 6) is 1.15. The van der Waals surface area contributed by atoms with Gasteiger partial charge >= 0.3 is 0 Å². The van der Waals surface area contributed by atoms with Crippen LogP contribution in [0.25, 0.3) is 0 Å². The number of methoxy groups -OCH3 is 1. The Morgan fingerprint density at radius 3 is 2.54 bits per heavy atom. The van der Waals surface area contributed by atoms with Crippen molar-refractivity contribution in [3.8, 4) is 5.75 Å². The lowest BCUT2D eigenvalue weighted by Crippen LogP contribution is -2.40. The first kappa shape index (κ1) is 21.2. The first-order chi connectivity index (χ1) is 10.8. The lowest BCUT2D eigenvalue weighted by molar-refractivity contribution is 0.406. The summed E-state index contributed by atoms with van der Waals surface area (Å²) < 4.78 is 34.0. The van der Waals surface area contributed by atoms with E-state index >= 15 is 0 Å². The van der Waals surface area contributed by atoms with E-state index in [9.17, 15) is 8.42 Å². The largest absolute Gasteiger partial charge is 0.496 e. The van der Waals surface area contributed by atoms with E-state index in [4.69, 9.17) is 10.5 Å². The van der Waals surface area contributed by atoms with E-state index < -0.39 is 10.0 Å². The van der Waals surface area contributed by atoms with Gasteiger partial charge in [0.2, 0.25) is 10.0 Å². The minimum absolute atomic E-state index is 0. The van der Waals surface area contributed by atoms with Crippen molar-refractivity contribution in [2.75, 3.05) is 13.7 Å². The Balaban J connectivity index is 0.00000288. The SMILES string of the molecule is COc1cc(C)c(S(=O)(=O)NC2CCCC2CN)cc1C(C)C.Cl. The normalized spacial score (nSPS) is 20.9. The molecule has 1 aliphatic carbocycles. The maximum Gasteiger partial charge on any atom is 0.241 e. The number of benzene rings is 1. The highest BCUT2D eigenvalue weighted by atomic mass is 35.5. The molecular weight excluding hydrogens is 348 g/mol. The summed E-state index contributed by atoms with van der Waals surface area (Å²) in [4.78, 5) is 0.338. The summed E-state index contributed by atoms with van der Waals surface area (Å²) in [6.45, 7) is 6.37. The fraction of sp³-hybridized carbons (Fsp3) is 0.647. The molecule has 0 radical (unpaired) electrons. The van der Waals surface area contributed by atoms with Gasteiger partial charge in [0.25, 0.3) is 0 Å². The van der Waals surface area contributed by atoms with Crippen LogP contribution in [0.5, 0.6) is 5.75 Å². The Kier molecular flexibility index (Phi) is 7.53. The summed E-state index contributed by atoms with van der Waals surface area (Å²) in [7, 11) is -1.95. The molecule has 3 N–H and O–H groups in total. The second kappa shape index (κ2) is 8.52. The molecule has 2 rings (SSSR count). The van der Waals surface area contributed by atoms with E-state index in [1.807, 2.05) is 13.8 Å². The van der Waals surface area contributed by atoms with Gasteiger partial charge in [-0.25, -0.2) is 13.1 Å². The molecule has 0 aliphatic heterocycles. The zero-order valence-electron chi connectivity index (χ0n) is 14.8.